The van der Waals surface area contributed by atoms with Gasteiger partial charge in [-0.1, -0.05) is 30.3 Å². The van der Waals surface area contributed by atoms with Crippen LogP contribution in [-0.2, 0) is 16.0 Å². The van der Waals surface area contributed by atoms with Crippen molar-refractivity contribution < 1.29 is 14.4 Å². The van der Waals surface area contributed by atoms with Gasteiger partial charge in [-0.25, -0.2) is 0 Å². The second-order valence-electron chi connectivity index (χ2n) is 9.92. The highest BCUT2D eigenvalue weighted by molar-refractivity contribution is 6.00. The molecule has 0 spiro atoms. The Kier molecular flexibility index (Phi) is 7.51. The molecule has 2 saturated heterocycles. The van der Waals surface area contributed by atoms with Crippen LogP contribution in [-0.4, -0.2) is 79.9 Å². The van der Waals surface area contributed by atoms with Crippen molar-refractivity contribution in [1.82, 2.24) is 15.1 Å². The van der Waals surface area contributed by atoms with Crippen molar-refractivity contribution >= 4 is 29.1 Å². The Balaban J connectivity index is 1.36. The van der Waals surface area contributed by atoms with Gasteiger partial charge in [0.1, 0.15) is 0 Å². The summed E-state index contributed by atoms with van der Waals surface area (Å²) < 4.78 is 0. The Morgan fingerprint density at radius 2 is 1.64 bits per heavy atom. The summed E-state index contributed by atoms with van der Waals surface area (Å²) in [5.41, 5.74) is 3.07. The molecule has 8 heteroatoms. The lowest BCUT2D eigenvalue weighted by molar-refractivity contribution is -0.132. The molecule has 2 N–H and O–H groups in total. The minimum Gasteiger partial charge on any atom is -0.368 e. The molecule has 2 aliphatic heterocycles. The lowest BCUT2D eigenvalue weighted by Gasteiger charge is -2.29. The molecule has 3 amide bonds. The molecule has 2 aromatic rings. The van der Waals surface area contributed by atoms with Gasteiger partial charge in [0.05, 0.1) is 17.8 Å². The number of hydrogen-bond acceptors (Lipinski definition) is 5. The van der Waals surface area contributed by atoms with E-state index < -0.39 is 0 Å². The van der Waals surface area contributed by atoms with Crippen LogP contribution in [0.4, 0.5) is 11.4 Å². The van der Waals surface area contributed by atoms with Crippen LogP contribution in [0, 0.1) is 5.92 Å². The van der Waals surface area contributed by atoms with Crippen LogP contribution in [0.2, 0.25) is 0 Å². The van der Waals surface area contributed by atoms with Crippen LogP contribution in [0.3, 0.4) is 0 Å². The van der Waals surface area contributed by atoms with Gasteiger partial charge in [0.25, 0.3) is 5.91 Å². The molecule has 190 valence electrons. The first-order valence-corrected chi connectivity index (χ1v) is 13.1. The number of amides is 3. The zero-order valence-electron chi connectivity index (χ0n) is 20.7. The number of piperazine rings is 1. The third-order valence-electron chi connectivity index (χ3n) is 7.20. The second-order valence-corrected chi connectivity index (χ2v) is 9.92. The van der Waals surface area contributed by atoms with E-state index in [1.54, 1.807) is 0 Å². The summed E-state index contributed by atoms with van der Waals surface area (Å²) in [6.45, 7) is 5.85. The van der Waals surface area contributed by atoms with Crippen LogP contribution in [0.5, 0.6) is 0 Å². The van der Waals surface area contributed by atoms with Gasteiger partial charge < -0.3 is 25.3 Å². The Bertz CT molecular complexity index is 1100. The molecule has 0 atom stereocenters. The average Bonchev–Trinajstić information content (AvgIpc) is 3.77. The van der Waals surface area contributed by atoms with Crippen molar-refractivity contribution in [2.45, 2.75) is 25.7 Å². The maximum absolute atomic E-state index is 13.2. The number of rotatable bonds is 6. The lowest BCUT2D eigenvalue weighted by Crippen LogP contribution is -2.46. The second kappa shape index (κ2) is 11.1. The average molecular weight is 490 g/mol. The van der Waals surface area contributed by atoms with E-state index in [-0.39, 0.29) is 30.1 Å². The fourth-order valence-corrected chi connectivity index (χ4v) is 5.04. The predicted octanol–water partition coefficient (Wildman–Crippen LogP) is 2.36. The normalized spacial score (nSPS) is 18.5. The highest BCUT2D eigenvalue weighted by atomic mass is 16.2. The lowest BCUT2D eigenvalue weighted by atomic mass is 10.1. The van der Waals surface area contributed by atoms with E-state index in [0.717, 1.165) is 56.7 Å². The SMILES string of the molecule is O=C(Cc1ccccc1)Nc1cc(C(=O)N2CCNCC2)ccc1N1CCCN(C(=O)C2CC2)CC1. The summed E-state index contributed by atoms with van der Waals surface area (Å²) in [4.78, 5) is 44.9. The van der Waals surface area contributed by atoms with Gasteiger partial charge in [0, 0.05) is 63.8 Å². The van der Waals surface area contributed by atoms with Gasteiger partial charge >= 0.3 is 0 Å². The number of hydrogen-bond donors (Lipinski definition) is 2. The highest BCUT2D eigenvalue weighted by Crippen LogP contribution is 2.33. The third-order valence-corrected chi connectivity index (χ3v) is 7.20. The number of anilines is 2. The van der Waals surface area contributed by atoms with Gasteiger partial charge in [0.15, 0.2) is 0 Å². The molecular weight excluding hydrogens is 454 g/mol. The van der Waals surface area contributed by atoms with E-state index in [4.69, 9.17) is 0 Å². The van der Waals surface area contributed by atoms with Crippen LogP contribution in [0.15, 0.2) is 48.5 Å². The summed E-state index contributed by atoms with van der Waals surface area (Å²) in [7, 11) is 0. The molecule has 8 nitrogen and oxygen atoms in total. The van der Waals surface area contributed by atoms with E-state index in [1.807, 2.05) is 58.3 Å². The van der Waals surface area contributed by atoms with Crippen molar-refractivity contribution in [3.63, 3.8) is 0 Å². The van der Waals surface area contributed by atoms with Gasteiger partial charge in [-0.15, -0.1) is 0 Å². The van der Waals surface area contributed by atoms with Crippen molar-refractivity contribution in [3.8, 4) is 0 Å². The van der Waals surface area contributed by atoms with Crippen LogP contribution < -0.4 is 15.5 Å². The minimum absolute atomic E-state index is 0.0151. The van der Waals surface area contributed by atoms with Gasteiger partial charge in [-0.2, -0.15) is 0 Å². The largest absolute Gasteiger partial charge is 0.368 e. The molecule has 0 bridgehead atoms. The first-order valence-electron chi connectivity index (χ1n) is 13.1. The Morgan fingerprint density at radius 3 is 2.39 bits per heavy atom. The molecule has 3 aliphatic rings. The Hall–Kier alpha value is -3.39. The van der Waals surface area contributed by atoms with Crippen molar-refractivity contribution in [2.75, 3.05) is 62.6 Å². The molecule has 1 aliphatic carbocycles. The summed E-state index contributed by atoms with van der Waals surface area (Å²) in [5, 5.41) is 6.37. The zero-order chi connectivity index (χ0) is 24.9. The molecular formula is C28H35N5O3. The highest BCUT2D eigenvalue weighted by Gasteiger charge is 2.34. The smallest absolute Gasteiger partial charge is 0.254 e. The Labute approximate surface area is 212 Å². The third kappa shape index (κ3) is 5.87. The maximum Gasteiger partial charge on any atom is 0.254 e. The van der Waals surface area contributed by atoms with Gasteiger partial charge in [-0.3, -0.25) is 14.4 Å². The number of carbonyl (C=O) groups is 3. The first-order chi connectivity index (χ1) is 17.6. The number of nitrogens with zero attached hydrogens (tertiary/aromatic N) is 3. The molecule has 1 saturated carbocycles. The molecule has 3 fully saturated rings. The fraction of sp³-hybridized carbons (Fsp3) is 0.464. The Morgan fingerprint density at radius 1 is 0.861 bits per heavy atom. The molecule has 2 heterocycles. The standard InChI is InChI=1S/C28H35N5O3/c34-26(19-21-5-2-1-3-6-21)30-24-20-23(28(36)33-15-11-29-12-16-33)9-10-25(24)31-13-4-14-32(18-17-31)27(35)22-7-8-22/h1-3,5-6,9-10,20,22,29H,4,7-8,11-19H2,(H,30,34). The molecule has 0 unspecified atom stereocenters. The van der Waals surface area contributed by atoms with Crippen LogP contribution >= 0.6 is 0 Å². The van der Waals surface area contributed by atoms with E-state index in [9.17, 15) is 14.4 Å². The molecule has 2 aromatic carbocycles. The summed E-state index contributed by atoms with van der Waals surface area (Å²) in [5.74, 6) is 0.373. The van der Waals surface area contributed by atoms with Crippen LogP contribution in [0.1, 0.15) is 35.2 Å². The monoisotopic (exact) mass is 489 g/mol. The first kappa shape index (κ1) is 24.3. The van der Waals surface area contributed by atoms with E-state index in [2.05, 4.69) is 15.5 Å². The fourth-order valence-electron chi connectivity index (χ4n) is 5.04. The summed E-state index contributed by atoms with van der Waals surface area (Å²) in [6, 6.07) is 15.3. The molecule has 36 heavy (non-hydrogen) atoms. The van der Waals surface area contributed by atoms with Crippen LogP contribution in [0.25, 0.3) is 0 Å². The zero-order valence-corrected chi connectivity index (χ0v) is 20.7. The summed E-state index contributed by atoms with van der Waals surface area (Å²) in [6.07, 6.45) is 3.16. The van der Waals surface area contributed by atoms with Gasteiger partial charge in [-0.05, 0) is 43.0 Å². The quantitative estimate of drug-likeness (QED) is 0.651. The van der Waals surface area contributed by atoms with Gasteiger partial charge in [0.2, 0.25) is 11.8 Å². The van der Waals surface area contributed by atoms with E-state index >= 15 is 0 Å². The molecule has 0 radical (unpaired) electrons. The van der Waals surface area contributed by atoms with Crippen molar-refractivity contribution in [1.29, 1.82) is 0 Å². The number of carbonyl (C=O) groups excluding carboxylic acids is 3. The summed E-state index contributed by atoms with van der Waals surface area (Å²) >= 11 is 0. The molecule has 0 aromatic heterocycles. The minimum atomic E-state index is -0.116. The maximum atomic E-state index is 13.2. The van der Waals surface area contributed by atoms with Crippen molar-refractivity contribution in [3.05, 3.63) is 59.7 Å². The van der Waals surface area contributed by atoms with E-state index in [0.29, 0.717) is 37.4 Å². The predicted molar refractivity (Wildman–Crippen MR) is 140 cm³/mol. The molecule has 5 rings (SSSR count). The number of nitrogens with one attached hydrogen (secondary N) is 2. The topological polar surface area (TPSA) is 85.0 Å². The number of benzene rings is 2. The van der Waals surface area contributed by atoms with Crippen molar-refractivity contribution in [2.24, 2.45) is 5.92 Å². The van der Waals surface area contributed by atoms with E-state index in [1.165, 1.54) is 0 Å².